The molecule has 2 rings (SSSR count). The summed E-state index contributed by atoms with van der Waals surface area (Å²) in [6, 6.07) is 5.21. The van der Waals surface area contributed by atoms with E-state index in [9.17, 15) is 17.6 Å². The molecule has 0 aliphatic carbocycles. The molecular weight excluding hydrogens is 278 g/mol. The van der Waals surface area contributed by atoms with Gasteiger partial charge in [-0.2, -0.15) is 18.2 Å². The van der Waals surface area contributed by atoms with Crippen molar-refractivity contribution in [1.29, 1.82) is 0 Å². The Balaban J connectivity index is 2.28. The lowest BCUT2D eigenvalue weighted by molar-refractivity contribution is -0.139. The topological polar surface area (TPSA) is 47.0 Å². The molecule has 0 atom stereocenters. The Morgan fingerprint density at radius 2 is 1.80 bits per heavy atom. The van der Waals surface area contributed by atoms with Crippen LogP contribution in [-0.2, 0) is 6.18 Å². The first-order valence-electron chi connectivity index (χ1n) is 5.41. The molecule has 1 aromatic carbocycles. The highest BCUT2D eigenvalue weighted by Gasteiger charge is 2.36. The van der Waals surface area contributed by atoms with Gasteiger partial charge in [0.15, 0.2) is 0 Å². The summed E-state index contributed by atoms with van der Waals surface area (Å²) in [5, 5.41) is 2.65. The maximum Gasteiger partial charge on any atom is 0.423 e. The third-order valence-corrected chi connectivity index (χ3v) is 2.35. The summed E-state index contributed by atoms with van der Waals surface area (Å²) < 4.78 is 55.2. The number of halogens is 4. The van der Waals surface area contributed by atoms with Gasteiger partial charge in [0.05, 0.1) is 7.11 Å². The number of ether oxygens (including phenoxy) is 1. The zero-order chi connectivity index (χ0) is 14.8. The monoisotopic (exact) mass is 287 g/mol. The summed E-state index contributed by atoms with van der Waals surface area (Å²) in [5.41, 5.74) is -0.627. The van der Waals surface area contributed by atoms with Crippen LogP contribution in [0.5, 0.6) is 5.88 Å². The van der Waals surface area contributed by atoms with Crippen LogP contribution in [0.3, 0.4) is 0 Å². The molecule has 8 heteroatoms. The first-order chi connectivity index (χ1) is 9.40. The predicted molar refractivity (Wildman–Crippen MR) is 63.3 cm³/mol. The second kappa shape index (κ2) is 5.32. The first-order valence-corrected chi connectivity index (χ1v) is 5.41. The Morgan fingerprint density at radius 1 is 1.15 bits per heavy atom. The average molecular weight is 287 g/mol. The molecule has 20 heavy (non-hydrogen) atoms. The summed E-state index contributed by atoms with van der Waals surface area (Å²) in [6.45, 7) is 0. The Kier molecular flexibility index (Phi) is 3.73. The number of anilines is 2. The molecule has 1 N–H and O–H groups in total. The highest BCUT2D eigenvalue weighted by molar-refractivity contribution is 5.53. The van der Waals surface area contributed by atoms with Gasteiger partial charge in [0.25, 0.3) is 0 Å². The molecule has 0 aliphatic rings. The molecule has 1 heterocycles. The van der Waals surface area contributed by atoms with Crippen LogP contribution < -0.4 is 10.1 Å². The molecule has 0 saturated carbocycles. The average Bonchev–Trinajstić information content (AvgIpc) is 2.40. The number of hydrogen-bond acceptors (Lipinski definition) is 4. The fraction of sp³-hybridized carbons (Fsp3) is 0.167. The van der Waals surface area contributed by atoms with E-state index in [0.717, 1.165) is 7.11 Å². The van der Waals surface area contributed by atoms with Gasteiger partial charge in [0, 0.05) is 11.9 Å². The van der Waals surface area contributed by atoms with Crippen molar-refractivity contribution in [3.05, 3.63) is 41.8 Å². The van der Waals surface area contributed by atoms with Crippen molar-refractivity contribution in [2.24, 2.45) is 0 Å². The van der Waals surface area contributed by atoms with Gasteiger partial charge in [-0.1, -0.05) is 0 Å². The van der Waals surface area contributed by atoms with Gasteiger partial charge in [-0.15, -0.1) is 0 Å². The van der Waals surface area contributed by atoms with Crippen molar-refractivity contribution >= 4 is 11.6 Å². The largest absolute Gasteiger partial charge is 0.480 e. The van der Waals surface area contributed by atoms with E-state index >= 15 is 0 Å². The summed E-state index contributed by atoms with van der Waals surface area (Å²) in [7, 11) is 1.08. The predicted octanol–water partition coefficient (Wildman–Crippen LogP) is 3.39. The number of methoxy groups -OCH3 is 1. The van der Waals surface area contributed by atoms with Crippen molar-refractivity contribution in [1.82, 2.24) is 9.97 Å². The highest BCUT2D eigenvalue weighted by Crippen LogP contribution is 2.35. The van der Waals surface area contributed by atoms with E-state index in [1.54, 1.807) is 0 Å². The molecule has 0 radical (unpaired) electrons. The quantitative estimate of drug-likeness (QED) is 0.879. The van der Waals surface area contributed by atoms with E-state index in [4.69, 9.17) is 0 Å². The van der Waals surface area contributed by atoms with E-state index in [1.165, 1.54) is 24.3 Å². The lowest BCUT2D eigenvalue weighted by Crippen LogP contribution is -2.11. The minimum Gasteiger partial charge on any atom is -0.480 e. The fourth-order valence-corrected chi connectivity index (χ4v) is 1.44. The van der Waals surface area contributed by atoms with Crippen LogP contribution in [0.1, 0.15) is 5.56 Å². The van der Waals surface area contributed by atoms with Gasteiger partial charge in [-0.3, -0.25) is 0 Å². The van der Waals surface area contributed by atoms with Gasteiger partial charge in [0.1, 0.15) is 11.4 Å². The van der Waals surface area contributed by atoms with Crippen LogP contribution in [0.4, 0.5) is 29.2 Å². The zero-order valence-corrected chi connectivity index (χ0v) is 10.2. The standard InChI is InChI=1S/C12H9F4N3O/c1-20-10-9(12(14,15)16)6-17-11(19-10)18-8-4-2-7(13)3-5-8/h2-6H,1H3,(H,17,18,19). The van der Waals surface area contributed by atoms with Crippen LogP contribution in [0.2, 0.25) is 0 Å². The number of rotatable bonds is 3. The van der Waals surface area contributed by atoms with Crippen molar-refractivity contribution in [2.75, 3.05) is 12.4 Å². The van der Waals surface area contributed by atoms with E-state index < -0.39 is 23.4 Å². The molecule has 0 saturated heterocycles. The molecule has 4 nitrogen and oxygen atoms in total. The highest BCUT2D eigenvalue weighted by atomic mass is 19.4. The number of nitrogens with one attached hydrogen (secondary N) is 1. The van der Waals surface area contributed by atoms with Gasteiger partial charge < -0.3 is 10.1 Å². The summed E-state index contributed by atoms with van der Waals surface area (Å²) in [6.07, 6.45) is -3.97. The minimum absolute atomic E-state index is 0.0820. The zero-order valence-electron chi connectivity index (χ0n) is 10.2. The third-order valence-electron chi connectivity index (χ3n) is 2.35. The van der Waals surface area contributed by atoms with Gasteiger partial charge in [-0.05, 0) is 24.3 Å². The van der Waals surface area contributed by atoms with Crippen LogP contribution in [0.15, 0.2) is 30.5 Å². The Hall–Kier alpha value is -2.38. The van der Waals surface area contributed by atoms with Gasteiger partial charge in [-0.25, -0.2) is 9.37 Å². The van der Waals surface area contributed by atoms with Crippen LogP contribution in [-0.4, -0.2) is 17.1 Å². The molecule has 0 aliphatic heterocycles. The second-order valence-electron chi connectivity index (χ2n) is 3.75. The van der Waals surface area contributed by atoms with Crippen molar-refractivity contribution in [3.8, 4) is 5.88 Å². The van der Waals surface area contributed by atoms with Crippen molar-refractivity contribution in [3.63, 3.8) is 0 Å². The van der Waals surface area contributed by atoms with Gasteiger partial charge in [0.2, 0.25) is 11.8 Å². The lowest BCUT2D eigenvalue weighted by Gasteiger charge is -2.12. The van der Waals surface area contributed by atoms with Crippen molar-refractivity contribution in [2.45, 2.75) is 6.18 Å². The molecule has 0 fully saturated rings. The van der Waals surface area contributed by atoms with Crippen LogP contribution in [0, 0.1) is 5.82 Å². The smallest absolute Gasteiger partial charge is 0.423 e. The summed E-state index contributed by atoms with van der Waals surface area (Å²) in [5.74, 6) is -1.10. The summed E-state index contributed by atoms with van der Waals surface area (Å²) in [4.78, 5) is 7.17. The number of nitrogens with zero attached hydrogens (tertiary/aromatic N) is 2. The summed E-state index contributed by atoms with van der Waals surface area (Å²) >= 11 is 0. The maximum absolute atomic E-state index is 12.7. The molecule has 1 aromatic heterocycles. The van der Waals surface area contributed by atoms with E-state index in [2.05, 4.69) is 20.0 Å². The van der Waals surface area contributed by atoms with E-state index in [1.807, 2.05) is 0 Å². The van der Waals surface area contributed by atoms with E-state index in [0.29, 0.717) is 11.9 Å². The Morgan fingerprint density at radius 3 is 2.35 bits per heavy atom. The Bertz CT molecular complexity index is 599. The number of aromatic nitrogens is 2. The van der Waals surface area contributed by atoms with E-state index in [-0.39, 0.29) is 5.95 Å². The minimum atomic E-state index is -4.60. The van der Waals surface area contributed by atoms with Crippen LogP contribution >= 0.6 is 0 Å². The molecule has 2 aromatic rings. The number of hydrogen-bond donors (Lipinski definition) is 1. The molecule has 106 valence electrons. The molecule has 0 unspecified atom stereocenters. The molecule has 0 bridgehead atoms. The van der Waals surface area contributed by atoms with Gasteiger partial charge >= 0.3 is 6.18 Å². The molecule has 0 amide bonds. The fourth-order valence-electron chi connectivity index (χ4n) is 1.44. The molecular formula is C12H9F4N3O. The van der Waals surface area contributed by atoms with Crippen LogP contribution in [0.25, 0.3) is 0 Å². The first kappa shape index (κ1) is 14.0. The third kappa shape index (κ3) is 3.14. The Labute approximate surface area is 111 Å². The second-order valence-corrected chi connectivity index (χ2v) is 3.75. The molecule has 0 spiro atoms. The van der Waals surface area contributed by atoms with Crippen molar-refractivity contribution < 1.29 is 22.3 Å². The number of benzene rings is 1. The SMILES string of the molecule is COc1nc(Nc2ccc(F)cc2)ncc1C(F)(F)F. The number of alkyl halides is 3. The normalized spacial score (nSPS) is 11.2. The lowest BCUT2D eigenvalue weighted by atomic mass is 10.3. The maximum atomic E-state index is 12.7.